The van der Waals surface area contributed by atoms with Crippen molar-refractivity contribution in [2.45, 2.75) is 6.54 Å². The number of aliphatic imine (C=N–C) groups is 1. The Kier molecular flexibility index (Phi) is 3.23. The molecule has 3 aromatic rings. The van der Waals surface area contributed by atoms with Crippen LogP contribution in [0.1, 0.15) is 17.0 Å². The first kappa shape index (κ1) is 14.1. The first-order chi connectivity index (χ1) is 11.1. The van der Waals surface area contributed by atoms with Gasteiger partial charge in [0.1, 0.15) is 17.5 Å². The van der Waals surface area contributed by atoms with Gasteiger partial charge in [-0.3, -0.25) is 4.99 Å². The summed E-state index contributed by atoms with van der Waals surface area (Å²) in [7, 11) is 0. The second-order valence-corrected chi connectivity index (χ2v) is 5.57. The number of benzene rings is 2. The zero-order chi connectivity index (χ0) is 16.0. The van der Waals surface area contributed by atoms with Crippen LogP contribution >= 0.6 is 11.6 Å². The second-order valence-electron chi connectivity index (χ2n) is 5.14. The van der Waals surface area contributed by atoms with Gasteiger partial charge in [-0.15, -0.1) is 0 Å². The molecular formula is C17H10ClF2N3. The van der Waals surface area contributed by atoms with Crippen LogP contribution in [0.5, 0.6) is 0 Å². The van der Waals surface area contributed by atoms with Crippen molar-refractivity contribution in [1.29, 1.82) is 0 Å². The van der Waals surface area contributed by atoms with E-state index in [4.69, 9.17) is 11.6 Å². The summed E-state index contributed by atoms with van der Waals surface area (Å²) in [6.07, 6.45) is 3.45. The highest BCUT2D eigenvalue weighted by Crippen LogP contribution is 2.29. The largest absolute Gasteiger partial charge is 0.302 e. The Morgan fingerprint density at radius 3 is 2.65 bits per heavy atom. The molecule has 6 heteroatoms. The molecule has 1 aromatic heterocycles. The molecule has 23 heavy (non-hydrogen) atoms. The Balaban J connectivity index is 2.04. The van der Waals surface area contributed by atoms with E-state index in [2.05, 4.69) is 9.98 Å². The van der Waals surface area contributed by atoms with Gasteiger partial charge >= 0.3 is 0 Å². The van der Waals surface area contributed by atoms with Gasteiger partial charge in [0.15, 0.2) is 0 Å². The number of rotatable bonds is 1. The van der Waals surface area contributed by atoms with E-state index in [0.717, 1.165) is 5.69 Å². The van der Waals surface area contributed by atoms with Crippen LogP contribution in [0.15, 0.2) is 53.8 Å². The number of aromatic nitrogens is 2. The summed E-state index contributed by atoms with van der Waals surface area (Å²) in [5.74, 6) is -0.622. The van der Waals surface area contributed by atoms with Crippen molar-refractivity contribution >= 4 is 17.3 Å². The lowest BCUT2D eigenvalue weighted by molar-refractivity contribution is 0.579. The highest BCUT2D eigenvalue weighted by atomic mass is 35.5. The molecule has 4 rings (SSSR count). The quantitative estimate of drug-likeness (QED) is 0.659. The van der Waals surface area contributed by atoms with Crippen molar-refractivity contribution in [3.8, 4) is 5.69 Å². The number of hydrogen-bond donors (Lipinski definition) is 0. The molecule has 0 saturated carbocycles. The lowest BCUT2D eigenvalue weighted by Gasteiger charge is -2.13. The molecule has 0 unspecified atom stereocenters. The van der Waals surface area contributed by atoms with E-state index in [-0.39, 0.29) is 17.8 Å². The molecule has 0 saturated heterocycles. The molecule has 0 bridgehead atoms. The standard InChI is InChI=1S/C17H10ClF2N3/c18-10-4-5-14-11(8-10)17(16-12(19)2-1-3-13(16)20)22-9-15-21-6-7-23(14)15/h1-8H,9H2. The summed E-state index contributed by atoms with van der Waals surface area (Å²) >= 11 is 6.10. The van der Waals surface area contributed by atoms with Crippen LogP contribution in [0.3, 0.4) is 0 Å². The van der Waals surface area contributed by atoms with Crippen molar-refractivity contribution in [1.82, 2.24) is 9.55 Å². The number of halogens is 3. The minimum Gasteiger partial charge on any atom is -0.302 e. The Morgan fingerprint density at radius 1 is 1.09 bits per heavy atom. The van der Waals surface area contributed by atoms with Crippen molar-refractivity contribution in [3.05, 3.63) is 82.4 Å². The molecule has 1 aliphatic rings. The number of imidazole rings is 1. The average Bonchev–Trinajstić information content (AvgIpc) is 2.93. The third-order valence-corrected chi connectivity index (χ3v) is 4.00. The molecule has 0 atom stereocenters. The molecule has 0 amide bonds. The Labute approximate surface area is 135 Å². The Hall–Kier alpha value is -2.53. The SMILES string of the molecule is Fc1cccc(F)c1C1=NCc2nccn2-c2ccc(Cl)cc21. The zero-order valence-corrected chi connectivity index (χ0v) is 12.6. The fourth-order valence-corrected chi connectivity index (χ4v) is 2.92. The van der Waals surface area contributed by atoms with Crippen LogP contribution in [0, 0.1) is 11.6 Å². The van der Waals surface area contributed by atoms with Crippen LogP contribution in [-0.2, 0) is 6.54 Å². The molecular weight excluding hydrogens is 320 g/mol. The predicted octanol–water partition coefficient (Wildman–Crippen LogP) is 4.15. The van der Waals surface area contributed by atoms with Gasteiger partial charge in [0, 0.05) is 23.0 Å². The van der Waals surface area contributed by atoms with Crippen LogP contribution < -0.4 is 0 Å². The maximum absolute atomic E-state index is 14.2. The van der Waals surface area contributed by atoms with E-state index in [1.807, 2.05) is 4.57 Å². The van der Waals surface area contributed by atoms with Crippen molar-refractivity contribution < 1.29 is 8.78 Å². The number of fused-ring (bicyclic) bond motifs is 3. The topological polar surface area (TPSA) is 30.2 Å². The van der Waals surface area contributed by atoms with Crippen molar-refractivity contribution in [2.24, 2.45) is 4.99 Å². The third-order valence-electron chi connectivity index (χ3n) is 3.77. The molecule has 0 spiro atoms. The first-order valence-corrected chi connectivity index (χ1v) is 7.34. The minimum absolute atomic E-state index is 0.151. The molecule has 0 aliphatic carbocycles. The van der Waals surface area contributed by atoms with Crippen LogP contribution in [0.4, 0.5) is 8.78 Å². The van der Waals surface area contributed by atoms with Gasteiger partial charge in [0.2, 0.25) is 0 Å². The minimum atomic E-state index is -0.658. The summed E-state index contributed by atoms with van der Waals surface area (Å²) in [5, 5.41) is 0.469. The van der Waals surface area contributed by atoms with E-state index >= 15 is 0 Å². The fraction of sp³-hybridized carbons (Fsp3) is 0.0588. The summed E-state index contributed by atoms with van der Waals surface area (Å²) in [4.78, 5) is 8.65. The average molecular weight is 330 g/mol. The van der Waals surface area contributed by atoms with E-state index in [1.165, 1.54) is 18.2 Å². The highest BCUT2D eigenvalue weighted by molar-refractivity contribution is 6.31. The van der Waals surface area contributed by atoms with Crippen LogP contribution in [-0.4, -0.2) is 15.3 Å². The van der Waals surface area contributed by atoms with Gasteiger partial charge < -0.3 is 4.57 Å². The number of hydrogen-bond acceptors (Lipinski definition) is 2. The van der Waals surface area contributed by atoms with Crippen molar-refractivity contribution in [3.63, 3.8) is 0 Å². The van der Waals surface area contributed by atoms with Crippen LogP contribution in [0.2, 0.25) is 5.02 Å². The van der Waals surface area contributed by atoms with Crippen molar-refractivity contribution in [2.75, 3.05) is 0 Å². The summed E-state index contributed by atoms with van der Waals surface area (Å²) in [6, 6.07) is 8.95. The summed E-state index contributed by atoms with van der Waals surface area (Å²) < 4.78 is 30.3. The summed E-state index contributed by atoms with van der Waals surface area (Å²) in [6.45, 7) is 0.225. The van der Waals surface area contributed by atoms with Gasteiger partial charge in [0.05, 0.1) is 23.5 Å². The van der Waals surface area contributed by atoms with Gasteiger partial charge in [-0.05, 0) is 30.3 Å². The van der Waals surface area contributed by atoms with E-state index in [9.17, 15) is 8.78 Å². The second kappa shape index (κ2) is 5.28. The Bertz CT molecular complexity index is 927. The maximum Gasteiger partial charge on any atom is 0.135 e. The summed E-state index contributed by atoms with van der Waals surface area (Å²) in [5.41, 5.74) is 1.39. The molecule has 0 fully saturated rings. The smallest absolute Gasteiger partial charge is 0.135 e. The maximum atomic E-state index is 14.2. The van der Waals surface area contributed by atoms with E-state index in [0.29, 0.717) is 16.4 Å². The lowest BCUT2D eigenvalue weighted by Crippen LogP contribution is -2.11. The number of nitrogens with zero attached hydrogens (tertiary/aromatic N) is 3. The molecule has 1 aliphatic heterocycles. The Morgan fingerprint density at radius 2 is 1.87 bits per heavy atom. The predicted molar refractivity (Wildman–Crippen MR) is 84.3 cm³/mol. The van der Waals surface area contributed by atoms with Crippen LogP contribution in [0.25, 0.3) is 5.69 Å². The van der Waals surface area contributed by atoms with Gasteiger partial charge in [0.25, 0.3) is 0 Å². The highest BCUT2D eigenvalue weighted by Gasteiger charge is 2.23. The van der Waals surface area contributed by atoms with Gasteiger partial charge in [-0.2, -0.15) is 0 Å². The molecule has 2 aromatic carbocycles. The van der Waals surface area contributed by atoms with E-state index < -0.39 is 11.6 Å². The monoisotopic (exact) mass is 329 g/mol. The molecule has 2 heterocycles. The van der Waals surface area contributed by atoms with Gasteiger partial charge in [-0.25, -0.2) is 13.8 Å². The molecule has 0 N–H and O–H groups in total. The van der Waals surface area contributed by atoms with E-state index in [1.54, 1.807) is 30.6 Å². The third kappa shape index (κ3) is 2.24. The van der Waals surface area contributed by atoms with Gasteiger partial charge in [-0.1, -0.05) is 17.7 Å². The molecule has 3 nitrogen and oxygen atoms in total. The fourth-order valence-electron chi connectivity index (χ4n) is 2.75. The first-order valence-electron chi connectivity index (χ1n) is 6.96. The molecule has 114 valence electrons. The molecule has 0 radical (unpaired) electrons. The lowest BCUT2D eigenvalue weighted by atomic mass is 9.99. The zero-order valence-electron chi connectivity index (χ0n) is 11.8. The normalized spacial score (nSPS) is 13.1.